The highest BCUT2D eigenvalue weighted by atomic mass is 19.4. The Labute approximate surface area is 246 Å². The van der Waals surface area contributed by atoms with E-state index in [4.69, 9.17) is 9.47 Å². The molecule has 0 unspecified atom stereocenters. The third kappa shape index (κ3) is 8.55. The van der Waals surface area contributed by atoms with Crippen molar-refractivity contribution in [1.29, 1.82) is 0 Å². The van der Waals surface area contributed by atoms with Crippen molar-refractivity contribution in [2.24, 2.45) is 0 Å². The SMILES string of the molecule is CCCCc1cc(NC(=O)Nc2ccc(Oc3ccnc(NC(=O)COC)c3)cc2C(F)(F)F)n(-c2ccc(C)cc2)n1. The molecule has 43 heavy (non-hydrogen) atoms. The maximum atomic E-state index is 14.1. The summed E-state index contributed by atoms with van der Waals surface area (Å²) < 4.78 is 54.1. The molecule has 0 aliphatic rings. The molecule has 4 rings (SSSR count). The molecule has 10 nitrogen and oxygen atoms in total. The highest BCUT2D eigenvalue weighted by molar-refractivity contribution is 6.00. The predicted molar refractivity (Wildman–Crippen MR) is 156 cm³/mol. The summed E-state index contributed by atoms with van der Waals surface area (Å²) in [4.78, 5) is 28.7. The van der Waals surface area contributed by atoms with Gasteiger partial charge in [0.2, 0.25) is 0 Å². The molecule has 0 radical (unpaired) electrons. The normalized spacial score (nSPS) is 11.2. The number of hydrogen-bond acceptors (Lipinski definition) is 6. The Morgan fingerprint density at radius 3 is 2.40 bits per heavy atom. The molecule has 3 amide bonds. The Morgan fingerprint density at radius 1 is 0.953 bits per heavy atom. The lowest BCUT2D eigenvalue weighted by molar-refractivity contribution is -0.137. The van der Waals surface area contributed by atoms with Gasteiger partial charge in [0.05, 0.1) is 22.6 Å². The van der Waals surface area contributed by atoms with Gasteiger partial charge in [-0.2, -0.15) is 18.3 Å². The highest BCUT2D eigenvalue weighted by Gasteiger charge is 2.34. The van der Waals surface area contributed by atoms with Crippen LogP contribution in [0.2, 0.25) is 0 Å². The summed E-state index contributed by atoms with van der Waals surface area (Å²) in [7, 11) is 1.36. The van der Waals surface area contributed by atoms with Crippen LogP contribution in [0.1, 0.15) is 36.6 Å². The molecule has 2 aromatic carbocycles. The number of halogens is 3. The van der Waals surface area contributed by atoms with E-state index in [1.54, 1.807) is 10.7 Å². The van der Waals surface area contributed by atoms with Gasteiger partial charge in [0, 0.05) is 25.4 Å². The number of nitrogens with zero attached hydrogens (tertiary/aromatic N) is 3. The Hall–Kier alpha value is -4.91. The number of aryl methyl sites for hydroxylation is 2. The minimum atomic E-state index is -4.81. The number of benzene rings is 2. The van der Waals surface area contributed by atoms with Crippen LogP contribution in [-0.2, 0) is 22.1 Å². The molecule has 2 aromatic heterocycles. The van der Waals surface area contributed by atoms with Crippen molar-refractivity contribution in [3.8, 4) is 17.2 Å². The van der Waals surface area contributed by atoms with E-state index in [1.807, 2.05) is 31.2 Å². The lowest BCUT2D eigenvalue weighted by Crippen LogP contribution is -2.23. The van der Waals surface area contributed by atoms with Crippen molar-refractivity contribution in [1.82, 2.24) is 14.8 Å². The van der Waals surface area contributed by atoms with Gasteiger partial charge in [-0.15, -0.1) is 0 Å². The van der Waals surface area contributed by atoms with E-state index in [0.717, 1.165) is 36.2 Å². The number of alkyl halides is 3. The zero-order chi connectivity index (χ0) is 31.0. The first-order valence-corrected chi connectivity index (χ1v) is 13.4. The second-order valence-electron chi connectivity index (χ2n) is 9.62. The first kappa shape index (κ1) is 31.0. The number of hydrogen-bond donors (Lipinski definition) is 3. The molecule has 226 valence electrons. The van der Waals surface area contributed by atoms with Crippen LogP contribution in [0.15, 0.2) is 66.9 Å². The summed E-state index contributed by atoms with van der Waals surface area (Å²) in [6.45, 7) is 3.80. The van der Waals surface area contributed by atoms with Crippen LogP contribution < -0.4 is 20.7 Å². The van der Waals surface area contributed by atoms with Gasteiger partial charge in [0.15, 0.2) is 0 Å². The summed E-state index contributed by atoms with van der Waals surface area (Å²) in [6.07, 6.45) is -0.949. The van der Waals surface area contributed by atoms with Crippen LogP contribution in [0.5, 0.6) is 11.5 Å². The van der Waals surface area contributed by atoms with E-state index in [9.17, 15) is 22.8 Å². The number of ether oxygens (including phenoxy) is 2. The molecule has 3 N–H and O–H groups in total. The number of carbonyl (C=O) groups excluding carboxylic acids is 2. The van der Waals surface area contributed by atoms with Gasteiger partial charge in [-0.05, 0) is 56.2 Å². The maximum Gasteiger partial charge on any atom is 0.418 e. The Kier molecular flexibility index (Phi) is 9.99. The smallest absolute Gasteiger partial charge is 0.418 e. The van der Waals surface area contributed by atoms with Gasteiger partial charge in [0.25, 0.3) is 5.91 Å². The van der Waals surface area contributed by atoms with E-state index in [-0.39, 0.29) is 23.9 Å². The molecule has 0 aliphatic carbocycles. The summed E-state index contributed by atoms with van der Waals surface area (Å²) >= 11 is 0. The lowest BCUT2D eigenvalue weighted by atomic mass is 10.1. The van der Waals surface area contributed by atoms with Gasteiger partial charge in [-0.3, -0.25) is 10.1 Å². The number of pyridine rings is 1. The molecule has 2 heterocycles. The van der Waals surface area contributed by atoms with Crippen LogP contribution in [0.3, 0.4) is 0 Å². The molecule has 0 fully saturated rings. The Bertz CT molecular complexity index is 1570. The number of nitrogens with one attached hydrogen (secondary N) is 3. The zero-order valence-corrected chi connectivity index (χ0v) is 23.8. The standard InChI is InChI=1S/C30H31F3N6O4/c1-4-5-6-20-15-27(39(38-20)21-9-7-19(2)8-10-21)37-29(41)35-25-12-11-22(16-24(25)30(31,32)33)43-23-13-14-34-26(17-23)36-28(40)18-42-3/h7-17H,4-6,18H2,1-3H3,(H,34,36,40)(H2,35,37,41). The molecular formula is C30H31F3N6O4. The van der Waals surface area contributed by atoms with Crippen LogP contribution in [0, 0.1) is 6.92 Å². The molecule has 0 atom stereocenters. The summed E-state index contributed by atoms with van der Waals surface area (Å²) in [6, 6.07) is 14.3. The van der Waals surface area contributed by atoms with Crippen molar-refractivity contribution in [3.05, 3.63) is 83.7 Å². The van der Waals surface area contributed by atoms with Crippen LogP contribution in [0.4, 0.5) is 35.3 Å². The largest absolute Gasteiger partial charge is 0.457 e. The van der Waals surface area contributed by atoms with Crippen LogP contribution >= 0.6 is 0 Å². The maximum absolute atomic E-state index is 14.1. The van der Waals surface area contributed by atoms with Crippen molar-refractivity contribution in [3.63, 3.8) is 0 Å². The molecule has 0 saturated heterocycles. The number of rotatable bonds is 11. The van der Waals surface area contributed by atoms with Crippen molar-refractivity contribution >= 4 is 29.3 Å². The lowest BCUT2D eigenvalue weighted by Gasteiger charge is -2.16. The molecule has 4 aromatic rings. The summed E-state index contributed by atoms with van der Waals surface area (Å²) in [5.41, 5.74) is 0.900. The second kappa shape index (κ2) is 13.8. The van der Waals surface area contributed by atoms with Crippen molar-refractivity contribution in [2.45, 2.75) is 39.3 Å². The van der Waals surface area contributed by atoms with E-state index < -0.39 is 29.4 Å². The number of carbonyl (C=O) groups is 2. The number of unbranched alkanes of at least 4 members (excludes halogenated alkanes) is 1. The minimum absolute atomic E-state index is 0.133. The number of anilines is 3. The summed E-state index contributed by atoms with van der Waals surface area (Å²) in [5.74, 6) is -0.0196. The van der Waals surface area contributed by atoms with Crippen molar-refractivity contribution < 1.29 is 32.2 Å². The average Bonchev–Trinajstić information content (AvgIpc) is 3.35. The molecule has 0 spiro atoms. The van der Waals surface area contributed by atoms with Crippen molar-refractivity contribution in [2.75, 3.05) is 29.7 Å². The topological polar surface area (TPSA) is 119 Å². The Balaban J connectivity index is 1.54. The first-order valence-electron chi connectivity index (χ1n) is 13.4. The molecule has 13 heteroatoms. The molecule has 0 aliphatic heterocycles. The van der Waals surface area contributed by atoms with E-state index in [2.05, 4.69) is 33.0 Å². The van der Waals surface area contributed by atoms with E-state index >= 15 is 0 Å². The van der Waals surface area contributed by atoms with Gasteiger partial charge in [-0.1, -0.05) is 31.0 Å². The fourth-order valence-corrected chi connectivity index (χ4v) is 4.07. The third-order valence-electron chi connectivity index (χ3n) is 6.12. The number of methoxy groups -OCH3 is 1. The van der Waals surface area contributed by atoms with Gasteiger partial charge >= 0.3 is 12.2 Å². The number of urea groups is 1. The zero-order valence-electron chi connectivity index (χ0n) is 23.8. The third-order valence-corrected chi connectivity index (χ3v) is 6.12. The number of aromatic nitrogens is 3. The summed E-state index contributed by atoms with van der Waals surface area (Å²) in [5, 5.41) is 12.0. The highest BCUT2D eigenvalue weighted by Crippen LogP contribution is 2.38. The Morgan fingerprint density at radius 2 is 1.70 bits per heavy atom. The molecule has 0 saturated carbocycles. The first-order chi connectivity index (χ1) is 20.5. The monoisotopic (exact) mass is 596 g/mol. The van der Waals surface area contributed by atoms with E-state index in [0.29, 0.717) is 17.9 Å². The fourth-order valence-electron chi connectivity index (χ4n) is 4.07. The van der Waals surface area contributed by atoms with Gasteiger partial charge < -0.3 is 20.1 Å². The van der Waals surface area contributed by atoms with Gasteiger partial charge in [0.1, 0.15) is 29.7 Å². The average molecular weight is 597 g/mol. The van der Waals surface area contributed by atoms with E-state index in [1.165, 1.54) is 31.5 Å². The van der Waals surface area contributed by atoms with Gasteiger partial charge in [-0.25, -0.2) is 14.5 Å². The predicted octanol–water partition coefficient (Wildman–Crippen LogP) is 6.96. The number of amides is 3. The molecular weight excluding hydrogens is 565 g/mol. The quantitative estimate of drug-likeness (QED) is 0.172. The minimum Gasteiger partial charge on any atom is -0.457 e. The molecule has 0 bridgehead atoms. The second-order valence-corrected chi connectivity index (χ2v) is 9.62. The van der Waals surface area contributed by atoms with Crippen LogP contribution in [0.25, 0.3) is 5.69 Å². The fraction of sp³-hybridized carbons (Fsp3) is 0.267. The van der Waals surface area contributed by atoms with Crippen LogP contribution in [-0.4, -0.2) is 40.4 Å².